The van der Waals surface area contributed by atoms with E-state index in [1.165, 1.54) is 0 Å². The van der Waals surface area contributed by atoms with Gasteiger partial charge >= 0.3 is 0 Å². The van der Waals surface area contributed by atoms with Crippen LogP contribution >= 0.6 is 0 Å². The molecule has 0 saturated heterocycles. The zero-order valence-corrected chi connectivity index (χ0v) is 23.5. The van der Waals surface area contributed by atoms with E-state index in [1.54, 1.807) is 11.1 Å². The first-order valence-electron chi connectivity index (χ1n) is 10.8. The van der Waals surface area contributed by atoms with Crippen molar-refractivity contribution in [3.05, 3.63) is 90.8 Å². The van der Waals surface area contributed by atoms with E-state index < -0.39 is 0 Å². The van der Waals surface area contributed by atoms with Crippen molar-refractivity contribution in [2.45, 2.75) is 54.5 Å². The Bertz CT molecular complexity index is 820. The monoisotopic (exact) mass is 511 g/mol. The summed E-state index contributed by atoms with van der Waals surface area (Å²) in [5.41, 5.74) is 2.59. The molecule has 1 radical (unpaired) electrons. The molecule has 0 aliphatic heterocycles. The summed E-state index contributed by atoms with van der Waals surface area (Å²) in [6.07, 6.45) is 11.5. The number of nitrogens with one attached hydrogen (secondary N) is 1. The summed E-state index contributed by atoms with van der Waals surface area (Å²) in [4.78, 5) is 10.7. The van der Waals surface area contributed by atoms with Crippen LogP contribution in [0.15, 0.2) is 66.5 Å². The third-order valence-electron chi connectivity index (χ3n) is 3.93. The van der Waals surface area contributed by atoms with Gasteiger partial charge in [-0.05, 0) is 32.9 Å². The van der Waals surface area contributed by atoms with Gasteiger partial charge in [-0.3, -0.25) is 7.05 Å². The average Bonchev–Trinajstić information content (AvgIpc) is 2.82. The van der Waals surface area contributed by atoms with E-state index in [0.29, 0.717) is 11.8 Å². The third kappa shape index (κ3) is 10.7. The number of allylic oxidation sites excluding steroid dienone is 5. The van der Waals surface area contributed by atoms with Gasteiger partial charge in [0.05, 0.1) is 6.61 Å². The maximum absolute atomic E-state index is 9.90. The topological polar surface area (TPSA) is 61.3 Å². The Balaban J connectivity index is 0. The number of aliphatic hydroxyl groups is 1. The van der Waals surface area contributed by atoms with Crippen LogP contribution in [0, 0.1) is 20.0 Å². The summed E-state index contributed by atoms with van der Waals surface area (Å²) in [7, 11) is 4.12. The molecule has 0 aliphatic rings. The number of hydrogen-bond donors (Lipinski definition) is 2. The number of aryl methyl sites for hydroxylation is 1. The van der Waals surface area contributed by atoms with Crippen LogP contribution < -0.4 is 10.2 Å². The predicted molar refractivity (Wildman–Crippen MR) is 134 cm³/mol. The molecule has 6 heteroatoms. The van der Waals surface area contributed by atoms with Crippen molar-refractivity contribution in [2.24, 2.45) is 0 Å². The molecule has 2 aromatic rings. The largest absolute Gasteiger partial charge is 0.503 e. The van der Waals surface area contributed by atoms with Gasteiger partial charge in [0, 0.05) is 56.2 Å². The van der Waals surface area contributed by atoms with Crippen molar-refractivity contribution in [1.29, 1.82) is 0 Å². The summed E-state index contributed by atoms with van der Waals surface area (Å²) in [6, 6.07) is 10.3. The smallest absolute Gasteiger partial charge is 0.229 e. The number of anilines is 2. The van der Waals surface area contributed by atoms with Gasteiger partial charge in [-0.15, -0.1) is 5.56 Å². The molecule has 1 unspecified atom stereocenters. The van der Waals surface area contributed by atoms with Crippen LogP contribution in [0.5, 0.6) is 0 Å². The normalized spacial score (nSPS) is 11.6. The first-order chi connectivity index (χ1) is 15.1. The van der Waals surface area contributed by atoms with Crippen LogP contribution in [0.25, 0.3) is 0 Å². The minimum Gasteiger partial charge on any atom is -0.503 e. The van der Waals surface area contributed by atoms with Gasteiger partial charge in [0.1, 0.15) is 5.82 Å². The average molecular weight is 512 g/mol. The van der Waals surface area contributed by atoms with Gasteiger partial charge < -0.3 is 15.3 Å². The molecule has 173 valence electrons. The van der Waals surface area contributed by atoms with Crippen LogP contribution in [0.1, 0.15) is 58.7 Å². The van der Waals surface area contributed by atoms with E-state index in [4.69, 9.17) is 0 Å². The third-order valence-corrected chi connectivity index (χ3v) is 3.93. The zero-order chi connectivity index (χ0) is 23.6. The molecule has 0 aliphatic carbocycles. The summed E-state index contributed by atoms with van der Waals surface area (Å²) in [5.74, 6) is 1.11. The fraction of sp³-hybridized carbons (Fsp3) is 0.346. The van der Waals surface area contributed by atoms with Gasteiger partial charge in [0.25, 0.3) is 0 Å². The Morgan fingerprint density at radius 2 is 1.91 bits per heavy atom. The van der Waals surface area contributed by atoms with E-state index in [0.717, 1.165) is 16.8 Å². The summed E-state index contributed by atoms with van der Waals surface area (Å²) in [5, 5.41) is 13.1. The number of rotatable bonds is 8. The standard InChI is InChI=1S/C22H26N4O.2C2H6.Y/c1-5-7-14-19(11-6-2)24-22-23-15-17(3)21(25-22)26(4)20(16-27)18-12-9-8-10-13-18;2*1-2;/h5-12,14-15,20,27H,4,16H2,1-3H3,(H,23,24,25);2*1-2H3;/q-2;;;/b7-5-,11-6-,19-14+;;;. The Labute approximate surface area is 220 Å². The molecule has 2 N–H and O–H groups in total. The molecule has 1 aromatic heterocycles. The molecule has 0 spiro atoms. The zero-order valence-electron chi connectivity index (χ0n) is 20.6. The number of nitrogens with zero attached hydrogens (tertiary/aromatic N) is 3. The molecule has 32 heavy (non-hydrogen) atoms. The van der Waals surface area contributed by atoms with E-state index in [1.807, 2.05) is 103 Å². The minimum absolute atomic E-state index is 0. The molecular weight excluding hydrogens is 473 g/mol. The molecule has 2 rings (SSSR count). The SMILES string of the molecule is CC.CC.[CH2-]N(c1nc(NC(/C=C\C)=C/C=C\C)ncc1C)C(CO)c1[c-]cccc1.[Y]. The van der Waals surface area contributed by atoms with Crippen molar-refractivity contribution >= 4 is 11.8 Å². The van der Waals surface area contributed by atoms with Gasteiger partial charge in [-0.2, -0.15) is 35.3 Å². The summed E-state index contributed by atoms with van der Waals surface area (Å²) >= 11 is 0. The van der Waals surface area contributed by atoms with Crippen molar-refractivity contribution in [3.8, 4) is 0 Å². The number of benzene rings is 1. The first kappa shape index (κ1) is 32.4. The van der Waals surface area contributed by atoms with E-state index in [2.05, 4.69) is 28.4 Å². The Kier molecular flexibility index (Phi) is 20.1. The molecule has 1 heterocycles. The molecule has 0 bridgehead atoms. The second-order valence-corrected chi connectivity index (χ2v) is 5.96. The Morgan fingerprint density at radius 1 is 1.22 bits per heavy atom. The van der Waals surface area contributed by atoms with Gasteiger partial charge in [0.2, 0.25) is 5.95 Å². The Hall–Kier alpha value is -1.82. The van der Waals surface area contributed by atoms with Gasteiger partial charge in [-0.1, -0.05) is 45.9 Å². The fourth-order valence-corrected chi connectivity index (χ4v) is 2.56. The van der Waals surface area contributed by atoms with E-state index in [-0.39, 0.29) is 45.4 Å². The molecule has 0 amide bonds. The van der Waals surface area contributed by atoms with Crippen LogP contribution in [-0.2, 0) is 32.7 Å². The van der Waals surface area contributed by atoms with Crippen molar-refractivity contribution in [2.75, 3.05) is 16.8 Å². The molecule has 0 fully saturated rings. The van der Waals surface area contributed by atoms with E-state index >= 15 is 0 Å². The summed E-state index contributed by atoms with van der Waals surface area (Å²) in [6.45, 7) is 13.7. The quantitative estimate of drug-likeness (QED) is 0.317. The predicted octanol–water partition coefficient (Wildman–Crippen LogP) is 6.41. The number of aromatic nitrogens is 2. The molecular formula is C26H38N4OY-2. The molecule has 5 nitrogen and oxygen atoms in total. The van der Waals surface area contributed by atoms with Crippen LogP contribution in [0.3, 0.4) is 0 Å². The van der Waals surface area contributed by atoms with Crippen LogP contribution in [0.4, 0.5) is 11.8 Å². The van der Waals surface area contributed by atoms with Crippen LogP contribution in [0.2, 0.25) is 0 Å². The van der Waals surface area contributed by atoms with Crippen molar-refractivity contribution in [1.82, 2.24) is 9.97 Å². The summed E-state index contributed by atoms with van der Waals surface area (Å²) < 4.78 is 0. The first-order valence-corrected chi connectivity index (χ1v) is 10.8. The van der Waals surface area contributed by atoms with Crippen molar-refractivity contribution < 1.29 is 37.8 Å². The van der Waals surface area contributed by atoms with Gasteiger partial charge in [0.15, 0.2) is 0 Å². The second-order valence-electron chi connectivity index (χ2n) is 5.96. The van der Waals surface area contributed by atoms with Crippen LogP contribution in [-0.4, -0.2) is 21.7 Å². The number of aliphatic hydroxyl groups excluding tert-OH is 1. The second kappa shape index (κ2) is 19.8. The molecule has 0 saturated carbocycles. The number of hydrogen-bond acceptors (Lipinski definition) is 5. The van der Waals surface area contributed by atoms with Crippen molar-refractivity contribution in [3.63, 3.8) is 0 Å². The maximum atomic E-state index is 9.90. The maximum Gasteiger partial charge on any atom is 0.229 e. The minimum atomic E-state index is -0.346. The van der Waals surface area contributed by atoms with E-state index in [9.17, 15) is 5.11 Å². The molecule has 1 aromatic carbocycles. The Morgan fingerprint density at radius 3 is 2.44 bits per heavy atom. The molecule has 1 atom stereocenters. The van der Waals surface area contributed by atoms with Gasteiger partial charge in [-0.25, -0.2) is 4.98 Å². The fourth-order valence-electron chi connectivity index (χ4n) is 2.56.